The monoisotopic (exact) mass is 296 g/mol. The van der Waals surface area contributed by atoms with E-state index in [1.165, 1.54) is 5.56 Å². The number of carbonyl (C=O) groups is 1. The van der Waals surface area contributed by atoms with Crippen LogP contribution in [0, 0.1) is 6.92 Å². The summed E-state index contributed by atoms with van der Waals surface area (Å²) >= 11 is 0. The molecule has 1 unspecified atom stereocenters. The Hall–Kier alpha value is -1.06. The number of rotatable bonds is 2. The molecule has 112 valence electrons. The number of nitrogens with one attached hydrogen (secondary N) is 1. The maximum atomic E-state index is 12.7. The lowest BCUT2D eigenvalue weighted by molar-refractivity contribution is -0.137. The molecule has 4 heteroatoms. The van der Waals surface area contributed by atoms with Crippen molar-refractivity contribution in [1.82, 2.24) is 10.2 Å². The minimum atomic E-state index is -0.454. The first-order valence-electron chi connectivity index (χ1n) is 7.01. The Balaban J connectivity index is 0.00000200. The van der Waals surface area contributed by atoms with Crippen LogP contribution in [-0.4, -0.2) is 36.5 Å². The number of hydrogen-bond donors (Lipinski definition) is 1. The van der Waals surface area contributed by atoms with E-state index < -0.39 is 5.41 Å². The van der Waals surface area contributed by atoms with Gasteiger partial charge in [-0.1, -0.05) is 29.8 Å². The highest BCUT2D eigenvalue weighted by atomic mass is 35.5. The highest BCUT2D eigenvalue weighted by Gasteiger charge is 2.35. The van der Waals surface area contributed by atoms with Crippen molar-refractivity contribution < 1.29 is 4.79 Å². The summed E-state index contributed by atoms with van der Waals surface area (Å²) in [6, 6.07) is 8.67. The number of carbonyl (C=O) groups excluding carboxylic acids is 1. The van der Waals surface area contributed by atoms with Crippen LogP contribution < -0.4 is 5.32 Å². The first-order valence-corrected chi connectivity index (χ1v) is 7.01. The van der Waals surface area contributed by atoms with E-state index in [0.717, 1.165) is 25.2 Å². The molecule has 1 aromatic rings. The number of hydrogen-bond acceptors (Lipinski definition) is 2. The topological polar surface area (TPSA) is 32.3 Å². The summed E-state index contributed by atoms with van der Waals surface area (Å²) in [6.45, 7) is 10.7. The molecular weight excluding hydrogens is 272 g/mol. The van der Waals surface area contributed by atoms with Crippen LogP contribution in [0.25, 0.3) is 0 Å². The largest absolute Gasteiger partial charge is 0.339 e. The molecule has 0 bridgehead atoms. The second-order valence-corrected chi connectivity index (χ2v) is 6.10. The predicted molar refractivity (Wildman–Crippen MR) is 85.5 cm³/mol. The summed E-state index contributed by atoms with van der Waals surface area (Å²) in [5, 5.41) is 3.37. The Morgan fingerprint density at radius 2 is 1.90 bits per heavy atom. The Morgan fingerprint density at radius 3 is 2.45 bits per heavy atom. The molecule has 1 atom stereocenters. The molecular formula is C16H25ClN2O. The van der Waals surface area contributed by atoms with Gasteiger partial charge in [0, 0.05) is 25.7 Å². The minimum absolute atomic E-state index is 0. The van der Waals surface area contributed by atoms with Crippen molar-refractivity contribution in [3.63, 3.8) is 0 Å². The van der Waals surface area contributed by atoms with Crippen molar-refractivity contribution in [2.75, 3.05) is 19.6 Å². The zero-order valence-corrected chi connectivity index (χ0v) is 13.6. The van der Waals surface area contributed by atoms with Gasteiger partial charge in [-0.05, 0) is 33.3 Å². The van der Waals surface area contributed by atoms with Crippen molar-refractivity contribution in [3.05, 3.63) is 35.4 Å². The molecule has 0 aromatic heterocycles. The molecule has 3 nitrogen and oxygen atoms in total. The highest BCUT2D eigenvalue weighted by molar-refractivity contribution is 5.87. The van der Waals surface area contributed by atoms with Crippen LogP contribution in [-0.2, 0) is 10.2 Å². The third-order valence-electron chi connectivity index (χ3n) is 3.96. The molecule has 0 radical (unpaired) electrons. The van der Waals surface area contributed by atoms with Crippen LogP contribution in [0.3, 0.4) is 0 Å². The van der Waals surface area contributed by atoms with Crippen molar-refractivity contribution in [2.45, 2.75) is 39.2 Å². The fourth-order valence-electron chi connectivity index (χ4n) is 2.61. The Kier molecular flexibility index (Phi) is 5.60. The quantitative estimate of drug-likeness (QED) is 0.909. The third kappa shape index (κ3) is 3.53. The van der Waals surface area contributed by atoms with Gasteiger partial charge in [0.1, 0.15) is 0 Å². The van der Waals surface area contributed by atoms with E-state index in [2.05, 4.69) is 43.4 Å². The van der Waals surface area contributed by atoms with E-state index in [1.54, 1.807) is 0 Å². The number of nitrogens with zero attached hydrogens (tertiary/aromatic N) is 1. The fourth-order valence-corrected chi connectivity index (χ4v) is 2.61. The van der Waals surface area contributed by atoms with Crippen LogP contribution in [0.1, 0.15) is 31.9 Å². The Labute approximate surface area is 128 Å². The lowest BCUT2D eigenvalue weighted by Crippen LogP contribution is -2.55. The van der Waals surface area contributed by atoms with E-state index in [0.29, 0.717) is 6.04 Å². The summed E-state index contributed by atoms with van der Waals surface area (Å²) in [4.78, 5) is 14.7. The third-order valence-corrected chi connectivity index (χ3v) is 3.96. The summed E-state index contributed by atoms with van der Waals surface area (Å²) in [6.07, 6.45) is 0. The van der Waals surface area contributed by atoms with Gasteiger partial charge in [0.2, 0.25) is 5.91 Å². The summed E-state index contributed by atoms with van der Waals surface area (Å²) < 4.78 is 0. The van der Waals surface area contributed by atoms with Crippen molar-refractivity contribution in [1.29, 1.82) is 0 Å². The summed E-state index contributed by atoms with van der Waals surface area (Å²) in [7, 11) is 0. The zero-order valence-electron chi connectivity index (χ0n) is 12.8. The molecule has 0 spiro atoms. The lowest BCUT2D eigenvalue weighted by Gasteiger charge is -2.37. The Bertz CT molecular complexity index is 456. The number of halogens is 1. The number of benzene rings is 1. The van der Waals surface area contributed by atoms with Crippen molar-refractivity contribution >= 4 is 18.3 Å². The van der Waals surface area contributed by atoms with Gasteiger partial charge in [0.15, 0.2) is 0 Å². The van der Waals surface area contributed by atoms with Gasteiger partial charge < -0.3 is 10.2 Å². The van der Waals surface area contributed by atoms with Crippen LogP contribution in [0.5, 0.6) is 0 Å². The molecule has 0 saturated carbocycles. The standard InChI is InChI=1S/C16H24N2O.ClH/c1-12-5-7-14(8-6-12)16(3,4)15(19)18-10-9-17-13(2)11-18;/h5-8,13,17H,9-11H2,1-4H3;1H. The average molecular weight is 297 g/mol. The number of amides is 1. The lowest BCUT2D eigenvalue weighted by atomic mass is 9.82. The maximum absolute atomic E-state index is 12.7. The summed E-state index contributed by atoms with van der Waals surface area (Å²) in [5.74, 6) is 0.227. The fraction of sp³-hybridized carbons (Fsp3) is 0.562. The average Bonchev–Trinajstić information content (AvgIpc) is 2.38. The first-order chi connectivity index (χ1) is 8.91. The van der Waals surface area contributed by atoms with Crippen LogP contribution in [0.2, 0.25) is 0 Å². The molecule has 1 aromatic carbocycles. The maximum Gasteiger partial charge on any atom is 0.232 e. The molecule has 1 heterocycles. The van der Waals surface area contributed by atoms with Crippen LogP contribution in [0.15, 0.2) is 24.3 Å². The molecule has 20 heavy (non-hydrogen) atoms. The van der Waals surface area contributed by atoms with Crippen molar-refractivity contribution in [3.8, 4) is 0 Å². The van der Waals surface area contributed by atoms with Gasteiger partial charge in [-0.15, -0.1) is 12.4 Å². The molecule has 1 aliphatic heterocycles. The number of piperazine rings is 1. The number of aryl methyl sites for hydroxylation is 1. The molecule has 0 aliphatic carbocycles. The van der Waals surface area contributed by atoms with Crippen LogP contribution in [0.4, 0.5) is 0 Å². The van der Waals surface area contributed by atoms with E-state index in [9.17, 15) is 4.79 Å². The molecule has 1 fully saturated rings. The van der Waals surface area contributed by atoms with E-state index in [4.69, 9.17) is 0 Å². The molecule has 2 rings (SSSR count). The van der Waals surface area contributed by atoms with Gasteiger partial charge in [0.25, 0.3) is 0 Å². The highest BCUT2D eigenvalue weighted by Crippen LogP contribution is 2.26. The summed E-state index contributed by atoms with van der Waals surface area (Å²) in [5.41, 5.74) is 1.86. The van der Waals surface area contributed by atoms with Crippen molar-refractivity contribution in [2.24, 2.45) is 0 Å². The minimum Gasteiger partial charge on any atom is -0.339 e. The Morgan fingerprint density at radius 1 is 1.30 bits per heavy atom. The molecule has 1 saturated heterocycles. The normalized spacial score (nSPS) is 19.4. The molecule has 1 N–H and O–H groups in total. The van der Waals surface area contributed by atoms with E-state index >= 15 is 0 Å². The van der Waals surface area contributed by atoms with E-state index in [1.807, 2.05) is 18.7 Å². The second-order valence-electron chi connectivity index (χ2n) is 6.10. The zero-order chi connectivity index (χ0) is 14.0. The van der Waals surface area contributed by atoms with E-state index in [-0.39, 0.29) is 18.3 Å². The molecule has 1 amide bonds. The first kappa shape index (κ1) is 17.0. The predicted octanol–water partition coefficient (Wildman–Crippen LogP) is 2.51. The SMILES string of the molecule is Cc1ccc(C(C)(C)C(=O)N2CCNC(C)C2)cc1.Cl. The van der Waals surface area contributed by atoms with Gasteiger partial charge in [-0.25, -0.2) is 0 Å². The van der Waals surface area contributed by atoms with Crippen LogP contribution >= 0.6 is 12.4 Å². The smallest absolute Gasteiger partial charge is 0.232 e. The van der Waals surface area contributed by atoms with Gasteiger partial charge in [0.05, 0.1) is 5.41 Å². The molecule has 1 aliphatic rings. The van der Waals surface area contributed by atoms with Gasteiger partial charge >= 0.3 is 0 Å². The van der Waals surface area contributed by atoms with Gasteiger partial charge in [-0.2, -0.15) is 0 Å². The second kappa shape index (κ2) is 6.59. The van der Waals surface area contributed by atoms with Gasteiger partial charge in [-0.3, -0.25) is 4.79 Å².